The molecule has 32 nitrogen and oxygen atoms in total. The van der Waals surface area contributed by atoms with Gasteiger partial charge in [-0.3, -0.25) is 69.4 Å². The van der Waals surface area contributed by atoms with Crippen molar-refractivity contribution in [3.05, 3.63) is 224 Å². The van der Waals surface area contributed by atoms with Crippen molar-refractivity contribution in [3.63, 3.8) is 0 Å². The first kappa shape index (κ1) is 88.1. The molecule has 6 N–H and O–H groups in total. The molecule has 8 aliphatic rings. The van der Waals surface area contributed by atoms with E-state index in [1.807, 2.05) is 99.8 Å². The lowest BCUT2D eigenvalue weighted by Crippen LogP contribution is -2.49. The summed E-state index contributed by atoms with van der Waals surface area (Å²) in [4.78, 5) is 185. The fourth-order valence-corrected chi connectivity index (χ4v) is 17.1. The van der Waals surface area contributed by atoms with E-state index in [-0.39, 0.29) is 53.2 Å². The number of aromatic nitrogens is 4. The van der Waals surface area contributed by atoms with E-state index in [0.717, 1.165) is 120 Å². The largest absolute Gasteiger partial charge is 0.353 e. The van der Waals surface area contributed by atoms with E-state index in [4.69, 9.17) is 0 Å². The summed E-state index contributed by atoms with van der Waals surface area (Å²) in [6.45, 7) is 38.0. The van der Waals surface area contributed by atoms with Crippen LogP contribution in [0.1, 0.15) is 139 Å². The fourth-order valence-electron chi connectivity index (χ4n) is 17.1. The third kappa shape index (κ3) is 18.7. The van der Waals surface area contributed by atoms with E-state index in [0.29, 0.717) is 97.1 Å². The molecule has 32 heteroatoms. The monoisotopic (exact) mass is 1680 g/mol. The summed E-state index contributed by atoms with van der Waals surface area (Å²) in [5.74, 6) is 2.20. The van der Waals surface area contributed by atoms with Crippen LogP contribution in [0.2, 0.25) is 0 Å². The number of carbonyl (C=O) groups is 12. The number of hydrogen-bond donors (Lipinski definition) is 6. The van der Waals surface area contributed by atoms with Gasteiger partial charge < -0.3 is 49.8 Å². The molecule has 648 valence electrons. The predicted octanol–water partition coefficient (Wildman–Crippen LogP) is 8.91. The minimum atomic E-state index is -1.12. The van der Waals surface area contributed by atoms with Crippen molar-refractivity contribution in [1.29, 1.82) is 0 Å². The van der Waals surface area contributed by atoms with Crippen LogP contribution in [0.3, 0.4) is 0 Å². The first-order valence-electron chi connectivity index (χ1n) is 42.0. The van der Waals surface area contributed by atoms with Crippen molar-refractivity contribution in [3.8, 4) is 0 Å². The zero-order valence-corrected chi connectivity index (χ0v) is 72.6. The quantitative estimate of drug-likeness (QED) is 0.0553. The number of benzene rings is 4. The Morgan fingerprint density at radius 1 is 0.363 bits per heavy atom. The number of aryl methyl sites for hydroxylation is 8. The van der Waals surface area contributed by atoms with Crippen LogP contribution >= 0.6 is 0 Å². The highest BCUT2D eigenvalue weighted by Crippen LogP contribution is 2.35. The van der Waals surface area contributed by atoms with E-state index >= 15 is 0 Å². The van der Waals surface area contributed by atoms with Gasteiger partial charge in [0.15, 0.2) is 0 Å². The average molecular weight is 1690 g/mol. The highest BCUT2D eigenvalue weighted by molar-refractivity contribution is 6.15. The lowest BCUT2D eigenvalue weighted by molar-refractivity contribution is -0.126. The molecular formula is C92H108N20O12. The van der Waals surface area contributed by atoms with Crippen LogP contribution in [0.4, 0.5) is 53.8 Å². The van der Waals surface area contributed by atoms with Crippen molar-refractivity contribution < 1.29 is 57.5 Å². The number of piperazine rings is 4. The zero-order chi connectivity index (χ0) is 88.9. The van der Waals surface area contributed by atoms with Gasteiger partial charge >= 0.3 is 24.1 Å². The fraction of sp³-hybridized carbons (Fsp3) is 0.391. The van der Waals surface area contributed by atoms with Crippen LogP contribution in [-0.4, -0.2) is 228 Å². The van der Waals surface area contributed by atoms with Gasteiger partial charge in [-0.2, -0.15) is 0 Å². The maximum absolute atomic E-state index is 13.1. The number of anilines is 6. The first-order valence-corrected chi connectivity index (χ1v) is 42.0. The van der Waals surface area contributed by atoms with Crippen LogP contribution in [-0.2, 0) is 30.3 Å². The Morgan fingerprint density at radius 2 is 0.653 bits per heavy atom. The number of pyridine rings is 4. The Hall–Kier alpha value is -13.7. The van der Waals surface area contributed by atoms with Crippen molar-refractivity contribution >= 4 is 106 Å². The molecule has 0 bridgehead atoms. The maximum Gasteiger partial charge on any atom is 0.329 e. The van der Waals surface area contributed by atoms with Crippen LogP contribution in [0, 0.1) is 67.2 Å². The number of carbonyl (C=O) groups excluding carboxylic acids is 12. The Kier molecular flexibility index (Phi) is 26.3. The number of rotatable bonds is 14. The Labute approximate surface area is 721 Å². The second-order valence-electron chi connectivity index (χ2n) is 33.6. The SMILES string of the molecule is Cc1cnc(N2CCN(C(=O)c3ccc(N4C(=O)NC(=O)C4C(C)C)cc3)CC2)c(C)c1.Cc1cnc(N2CCN(C(=O)c3ccc(N4C(=O)NC(=O)C4C)cc3)CC2)c(C)c1.Cc1cnc(N2CCN(C(=O)c3ccc([C@@]4(C(C)C)NC(=O)NC4=O)cc3)CC2)c(C)c1.Cc1cnc(N2CCN(C(=O)c3ccc([C@@]4(C)NC(=O)NC4=O)cc3)CC2)c(C)c1. The molecule has 2 unspecified atom stereocenters. The molecule has 4 atom stereocenters. The second kappa shape index (κ2) is 36.9. The van der Waals surface area contributed by atoms with Crippen LogP contribution < -0.4 is 61.3 Å². The van der Waals surface area contributed by atoms with E-state index in [1.165, 1.54) is 9.80 Å². The summed E-state index contributed by atoms with van der Waals surface area (Å²) in [6.07, 6.45) is 7.49. The van der Waals surface area contributed by atoms with Gasteiger partial charge in [0.1, 0.15) is 46.4 Å². The summed E-state index contributed by atoms with van der Waals surface area (Å²) in [7, 11) is 0. The average Bonchev–Trinajstić information content (AvgIpc) is 1.43. The first-order chi connectivity index (χ1) is 59.1. The molecule has 4 aromatic heterocycles. The van der Waals surface area contributed by atoms with Gasteiger partial charge in [-0.25, -0.2) is 39.1 Å². The molecule has 8 fully saturated rings. The number of imide groups is 4. The highest BCUT2D eigenvalue weighted by atomic mass is 16.2. The maximum atomic E-state index is 13.1. The zero-order valence-electron chi connectivity index (χ0n) is 72.6. The normalized spacial score (nSPS) is 20.2. The second-order valence-corrected chi connectivity index (χ2v) is 33.6. The molecule has 4 aromatic carbocycles. The number of amides is 16. The third-order valence-corrected chi connectivity index (χ3v) is 23.9. The summed E-state index contributed by atoms with van der Waals surface area (Å²) in [6, 6.07) is 33.1. The predicted molar refractivity (Wildman–Crippen MR) is 470 cm³/mol. The summed E-state index contributed by atoms with van der Waals surface area (Å²) < 4.78 is 0. The van der Waals surface area contributed by atoms with Gasteiger partial charge in [0, 0.05) is 163 Å². The van der Waals surface area contributed by atoms with Crippen LogP contribution in [0.5, 0.6) is 0 Å². The smallest absolute Gasteiger partial charge is 0.329 e. The van der Waals surface area contributed by atoms with Crippen molar-refractivity contribution in [2.75, 3.05) is 134 Å². The van der Waals surface area contributed by atoms with Gasteiger partial charge in [0.2, 0.25) is 0 Å². The van der Waals surface area contributed by atoms with Gasteiger partial charge in [-0.05, 0) is 210 Å². The Morgan fingerprint density at radius 3 is 0.927 bits per heavy atom. The number of nitrogens with zero attached hydrogens (tertiary/aromatic N) is 14. The molecule has 124 heavy (non-hydrogen) atoms. The van der Waals surface area contributed by atoms with E-state index in [2.05, 4.69) is 123 Å². The minimum absolute atomic E-state index is 0.0225. The standard InChI is InChI=1S/2C24H29N5O3.2C22H25N5O3/c1-15(2)24(22(31)26-23(32)27-24)19-7-5-18(6-8-19)21(30)29-11-9-28(10-12-29)20-17(4)13-16(3)14-25-20;1-15(2)20-22(30)26-24(32)29(20)19-7-5-18(6-8-19)23(31)28-11-9-27(10-12-28)21-17(4)13-16(3)14-25-21;1-14-12-15(2)18(23-13-14)26-8-10-27(11-9-26)19(28)16-4-6-17(7-5-16)22(3)20(29)24-21(30)25-22;1-14-12-15(2)19(23-13-14)25-8-10-26(11-9-25)21(29)17-4-6-18(7-5-17)27-16(3)20(28)24-22(27)30/h5-8,13-15H,9-12H2,1-4H3,(H2,26,27,31,32);5-8,13-15,20H,9-12H2,1-4H3,(H,26,30,32);4-7,12-13H,8-11H2,1-3H3,(H2,24,25,29,30);4-7,12-13,16H,8-11H2,1-3H3,(H,24,28,30)/t24-;;22-;/m1.1./s1. The van der Waals surface area contributed by atoms with Crippen molar-refractivity contribution in [2.45, 2.75) is 120 Å². The van der Waals surface area contributed by atoms with Gasteiger partial charge in [-0.15, -0.1) is 0 Å². The van der Waals surface area contributed by atoms with Crippen molar-refractivity contribution in [1.82, 2.24) is 71.4 Å². The molecule has 0 radical (unpaired) electrons. The van der Waals surface area contributed by atoms with Crippen LogP contribution in [0.25, 0.3) is 0 Å². The van der Waals surface area contributed by atoms with Gasteiger partial charge in [0.25, 0.3) is 47.3 Å². The van der Waals surface area contributed by atoms with Gasteiger partial charge in [-0.1, -0.05) is 76.2 Å². The Bertz CT molecular complexity index is 5440. The van der Waals surface area contributed by atoms with E-state index < -0.39 is 53.2 Å². The summed E-state index contributed by atoms with van der Waals surface area (Å²) in [5.41, 5.74) is 11.6. The van der Waals surface area contributed by atoms with Crippen molar-refractivity contribution in [2.24, 2.45) is 11.8 Å². The molecule has 0 aliphatic carbocycles. The number of hydrogen-bond acceptors (Lipinski definition) is 20. The molecule has 16 amide bonds. The van der Waals surface area contributed by atoms with Gasteiger partial charge in [0.05, 0.1) is 0 Å². The van der Waals surface area contributed by atoms with E-state index in [9.17, 15) is 57.5 Å². The summed E-state index contributed by atoms with van der Waals surface area (Å²) >= 11 is 0. The minimum Gasteiger partial charge on any atom is -0.353 e. The summed E-state index contributed by atoms with van der Waals surface area (Å²) in [5, 5.41) is 14.6. The molecule has 0 spiro atoms. The van der Waals surface area contributed by atoms with Crippen LogP contribution in [0.15, 0.2) is 146 Å². The lowest BCUT2D eigenvalue weighted by atomic mass is 9.79. The molecule has 8 saturated heterocycles. The number of urea groups is 4. The number of nitrogens with one attached hydrogen (secondary N) is 6. The van der Waals surface area contributed by atoms with E-state index in [1.54, 1.807) is 111 Å². The third-order valence-electron chi connectivity index (χ3n) is 23.9. The lowest BCUT2D eigenvalue weighted by Gasteiger charge is -2.36. The molecule has 12 heterocycles. The molecule has 8 aliphatic heterocycles. The topological polar surface area (TPSA) is 361 Å². The molecule has 16 rings (SSSR count). The molecule has 0 saturated carbocycles. The Balaban J connectivity index is 0.000000142. The molecular weight excluding hydrogens is 1580 g/mol. The molecule has 8 aromatic rings. The highest BCUT2D eigenvalue weighted by Gasteiger charge is 2.51.